The fraction of sp³-hybridized carbons (Fsp3) is 0.812. The van der Waals surface area contributed by atoms with Gasteiger partial charge in [-0.15, -0.1) is 5.73 Å². The molecule has 1 aliphatic carbocycles. The predicted molar refractivity (Wildman–Crippen MR) is 72.5 cm³/mol. The topological polar surface area (TPSA) is 0 Å². The van der Waals surface area contributed by atoms with Crippen molar-refractivity contribution < 1.29 is 0 Å². The molecule has 1 fully saturated rings. The van der Waals surface area contributed by atoms with Crippen molar-refractivity contribution >= 4 is 0 Å². The lowest BCUT2D eigenvalue weighted by molar-refractivity contribution is 0.503. The second kappa shape index (κ2) is 7.74. The molecule has 0 bridgehead atoms. The average Bonchev–Trinajstić information content (AvgIpc) is 2.72. The van der Waals surface area contributed by atoms with Crippen LogP contribution in [-0.2, 0) is 0 Å². The molecule has 0 aromatic carbocycles. The first-order valence-corrected chi connectivity index (χ1v) is 7.24. The van der Waals surface area contributed by atoms with E-state index in [1.165, 1.54) is 51.4 Å². The van der Waals surface area contributed by atoms with Crippen molar-refractivity contribution in [3.05, 3.63) is 17.4 Å². The zero-order chi connectivity index (χ0) is 11.8. The molecule has 0 spiro atoms. The second-order valence-corrected chi connectivity index (χ2v) is 5.27. The van der Waals surface area contributed by atoms with E-state index in [9.17, 15) is 0 Å². The van der Waals surface area contributed by atoms with Crippen LogP contribution in [0.15, 0.2) is 17.4 Å². The number of hydrogen-bond donors (Lipinski definition) is 0. The van der Waals surface area contributed by atoms with Gasteiger partial charge in [-0.05, 0) is 55.6 Å². The van der Waals surface area contributed by atoms with Crippen molar-refractivity contribution in [2.75, 3.05) is 0 Å². The van der Waals surface area contributed by atoms with Crippen LogP contribution in [0.5, 0.6) is 0 Å². The van der Waals surface area contributed by atoms with Crippen molar-refractivity contribution in [2.45, 2.75) is 72.1 Å². The third-order valence-corrected chi connectivity index (χ3v) is 3.79. The lowest BCUT2D eigenvalue weighted by Gasteiger charge is -2.05. The van der Waals surface area contributed by atoms with E-state index in [0.717, 1.165) is 11.8 Å². The van der Waals surface area contributed by atoms with E-state index < -0.39 is 0 Å². The molecular weight excluding hydrogens is 192 g/mol. The van der Waals surface area contributed by atoms with Crippen molar-refractivity contribution in [3.8, 4) is 0 Å². The number of hydrogen-bond acceptors (Lipinski definition) is 0. The van der Waals surface area contributed by atoms with Crippen LogP contribution in [0, 0.1) is 11.8 Å². The zero-order valence-electron chi connectivity index (χ0n) is 11.4. The fourth-order valence-corrected chi connectivity index (χ4v) is 2.73. The third kappa shape index (κ3) is 4.58. The number of rotatable bonds is 6. The van der Waals surface area contributed by atoms with Gasteiger partial charge in [0.05, 0.1) is 0 Å². The van der Waals surface area contributed by atoms with Crippen molar-refractivity contribution in [1.29, 1.82) is 0 Å². The maximum Gasteiger partial charge on any atom is -0.0160 e. The van der Waals surface area contributed by atoms with E-state index in [2.05, 4.69) is 32.6 Å². The first-order valence-electron chi connectivity index (χ1n) is 7.24. The van der Waals surface area contributed by atoms with Gasteiger partial charge in [0, 0.05) is 0 Å². The Morgan fingerprint density at radius 3 is 2.75 bits per heavy atom. The van der Waals surface area contributed by atoms with Gasteiger partial charge in [0.1, 0.15) is 0 Å². The molecule has 92 valence electrons. The quantitative estimate of drug-likeness (QED) is 0.519. The highest BCUT2D eigenvalue weighted by Gasteiger charge is 2.17. The van der Waals surface area contributed by atoms with Gasteiger partial charge >= 0.3 is 0 Å². The molecule has 16 heavy (non-hydrogen) atoms. The van der Waals surface area contributed by atoms with Gasteiger partial charge in [-0.2, -0.15) is 0 Å². The molecule has 0 nitrogen and oxygen atoms in total. The van der Waals surface area contributed by atoms with Crippen molar-refractivity contribution in [2.24, 2.45) is 11.8 Å². The van der Waals surface area contributed by atoms with Gasteiger partial charge in [0.2, 0.25) is 0 Å². The summed E-state index contributed by atoms with van der Waals surface area (Å²) in [5, 5.41) is 0. The largest absolute Gasteiger partial charge is 0.126 e. The molecule has 0 heterocycles. The maximum absolute atomic E-state index is 3.60. The molecule has 1 aliphatic rings. The second-order valence-electron chi connectivity index (χ2n) is 5.27. The Labute approximate surface area is 102 Å². The van der Waals surface area contributed by atoms with E-state index in [1.807, 2.05) is 0 Å². The van der Waals surface area contributed by atoms with Gasteiger partial charge in [-0.25, -0.2) is 0 Å². The summed E-state index contributed by atoms with van der Waals surface area (Å²) in [4.78, 5) is 0. The molecule has 0 aromatic rings. The summed E-state index contributed by atoms with van der Waals surface area (Å²) in [5.41, 5.74) is 5.19. The van der Waals surface area contributed by atoms with Crippen LogP contribution in [0.4, 0.5) is 0 Å². The summed E-state index contributed by atoms with van der Waals surface area (Å²) in [7, 11) is 0. The Morgan fingerprint density at radius 2 is 2.12 bits per heavy atom. The lowest BCUT2D eigenvalue weighted by atomic mass is 10.00. The minimum Gasteiger partial charge on any atom is -0.126 e. The van der Waals surface area contributed by atoms with Gasteiger partial charge < -0.3 is 0 Å². The zero-order valence-corrected chi connectivity index (χ0v) is 11.4. The van der Waals surface area contributed by atoms with Crippen LogP contribution in [0.25, 0.3) is 0 Å². The summed E-state index contributed by atoms with van der Waals surface area (Å²) in [6.45, 7) is 6.86. The van der Waals surface area contributed by atoms with Crippen molar-refractivity contribution in [1.82, 2.24) is 0 Å². The van der Waals surface area contributed by atoms with E-state index in [-0.39, 0.29) is 0 Å². The summed E-state index contributed by atoms with van der Waals surface area (Å²) in [6, 6.07) is 0. The van der Waals surface area contributed by atoms with Crippen LogP contribution >= 0.6 is 0 Å². The minimum absolute atomic E-state index is 0.766. The Bertz CT molecular complexity index is 243. The molecule has 1 saturated carbocycles. The highest BCUT2D eigenvalue weighted by Crippen LogP contribution is 2.32. The van der Waals surface area contributed by atoms with E-state index >= 15 is 0 Å². The van der Waals surface area contributed by atoms with Crippen LogP contribution in [0.3, 0.4) is 0 Å². The molecule has 2 atom stereocenters. The Kier molecular flexibility index (Phi) is 6.57. The Balaban J connectivity index is 2.47. The third-order valence-electron chi connectivity index (χ3n) is 3.79. The molecule has 1 rings (SSSR count). The van der Waals surface area contributed by atoms with E-state index in [4.69, 9.17) is 0 Å². The van der Waals surface area contributed by atoms with Gasteiger partial charge in [-0.1, -0.05) is 40.0 Å². The summed E-state index contributed by atoms with van der Waals surface area (Å²) >= 11 is 0. The Hall–Kier alpha value is -0.480. The Morgan fingerprint density at radius 1 is 1.31 bits per heavy atom. The molecule has 0 saturated heterocycles. The fourth-order valence-electron chi connectivity index (χ4n) is 2.73. The lowest BCUT2D eigenvalue weighted by Crippen LogP contribution is -1.92. The molecule has 0 N–H and O–H groups in total. The summed E-state index contributed by atoms with van der Waals surface area (Å²) in [5.74, 6) is 1.73. The van der Waals surface area contributed by atoms with E-state index in [0.29, 0.717) is 0 Å². The molecule has 0 aliphatic heterocycles. The molecule has 0 aromatic heterocycles. The maximum atomic E-state index is 3.60. The molecule has 0 amide bonds. The highest BCUT2D eigenvalue weighted by atomic mass is 14.2. The summed E-state index contributed by atoms with van der Waals surface area (Å²) < 4.78 is 0. The van der Waals surface area contributed by atoms with Gasteiger partial charge in [-0.3, -0.25) is 0 Å². The predicted octanol–water partition coefficient (Wildman–Crippen LogP) is 5.49. The van der Waals surface area contributed by atoms with Crippen LogP contribution in [-0.4, -0.2) is 0 Å². The van der Waals surface area contributed by atoms with E-state index in [1.54, 1.807) is 5.57 Å². The highest BCUT2D eigenvalue weighted by molar-refractivity contribution is 5.08. The summed E-state index contributed by atoms with van der Waals surface area (Å²) in [6.07, 6.45) is 13.1. The van der Waals surface area contributed by atoms with Gasteiger partial charge in [0.25, 0.3) is 0 Å². The standard InChI is InChI=1S/C16H28/c1-4-7-14(6-3)9-10-16-12-11-15(13-16)8-5-2/h9,14-15H,4-8,11-13H2,1-3H3. The minimum atomic E-state index is 0.766. The first-order chi connectivity index (χ1) is 7.80. The molecular formula is C16H28. The SMILES string of the molecule is CCCC(C=C=C1CCC(CCC)C1)CC. The van der Waals surface area contributed by atoms with Crippen molar-refractivity contribution in [3.63, 3.8) is 0 Å². The normalized spacial score (nSPS) is 21.9. The molecule has 2 unspecified atom stereocenters. The average molecular weight is 220 g/mol. The van der Waals surface area contributed by atoms with Crippen LogP contribution in [0.2, 0.25) is 0 Å². The number of allylic oxidation sites excluding steroid dienone is 1. The molecule has 0 heteroatoms. The first kappa shape index (κ1) is 13.6. The molecule has 0 radical (unpaired) electrons. The monoisotopic (exact) mass is 220 g/mol. The van der Waals surface area contributed by atoms with Gasteiger partial charge in [0.15, 0.2) is 0 Å². The smallest absolute Gasteiger partial charge is 0.0160 e. The van der Waals surface area contributed by atoms with Crippen LogP contribution in [0.1, 0.15) is 72.1 Å². The van der Waals surface area contributed by atoms with Crippen LogP contribution < -0.4 is 0 Å².